The van der Waals surface area contributed by atoms with Crippen molar-refractivity contribution in [1.29, 1.82) is 0 Å². The van der Waals surface area contributed by atoms with E-state index in [1.807, 2.05) is 12.1 Å². The molecule has 0 unspecified atom stereocenters. The number of para-hydroxylation sites is 1. The highest BCUT2D eigenvalue weighted by molar-refractivity contribution is 5.86. The molecule has 5 nitrogen and oxygen atoms in total. The summed E-state index contributed by atoms with van der Waals surface area (Å²) in [6.07, 6.45) is 5.77. The maximum absolute atomic E-state index is 5.31. The summed E-state index contributed by atoms with van der Waals surface area (Å²) in [7, 11) is 1.77. The second kappa shape index (κ2) is 7.73. The number of rotatable bonds is 6. The molecule has 3 N–H and O–H groups in total. The minimum Gasteiger partial charge on any atom is -0.467 e. The molecule has 0 fully saturated rings. The Morgan fingerprint density at radius 3 is 2.83 bits per heavy atom. The number of H-pyrrole nitrogens is 1. The molecular formula is C19H24N4O. The molecule has 126 valence electrons. The van der Waals surface area contributed by atoms with Crippen LogP contribution in [0, 0.1) is 0 Å². The van der Waals surface area contributed by atoms with Crippen molar-refractivity contribution in [3.05, 3.63) is 59.7 Å². The van der Waals surface area contributed by atoms with Crippen molar-refractivity contribution in [2.45, 2.75) is 26.3 Å². The number of benzene rings is 1. The third-order valence-electron chi connectivity index (χ3n) is 4.19. The standard InChI is InChI=1S/C19H24N4O/c1-3-14-6-4-8-17-15(12-22-18(14)17)9-10-21-19(20-2)23-13-16-7-5-11-24-16/h4-8,11-12,22H,3,9-10,13H2,1-2H3,(H2,20,21,23). The van der Waals surface area contributed by atoms with Crippen LogP contribution < -0.4 is 10.6 Å². The van der Waals surface area contributed by atoms with E-state index < -0.39 is 0 Å². The summed E-state index contributed by atoms with van der Waals surface area (Å²) in [5.74, 6) is 1.67. The van der Waals surface area contributed by atoms with Gasteiger partial charge in [0.2, 0.25) is 0 Å². The zero-order valence-electron chi connectivity index (χ0n) is 14.2. The molecule has 5 heteroatoms. The molecule has 0 atom stereocenters. The molecule has 0 aliphatic carbocycles. The Balaban J connectivity index is 1.55. The van der Waals surface area contributed by atoms with Crippen LogP contribution >= 0.6 is 0 Å². The summed E-state index contributed by atoms with van der Waals surface area (Å²) in [5, 5.41) is 7.91. The second-order valence-corrected chi connectivity index (χ2v) is 5.69. The predicted octanol–water partition coefficient (Wildman–Crippen LogP) is 3.23. The molecule has 0 aliphatic rings. The molecule has 0 bridgehead atoms. The summed E-state index contributed by atoms with van der Waals surface area (Å²) in [5.41, 5.74) is 3.95. The molecule has 0 saturated carbocycles. The zero-order valence-corrected chi connectivity index (χ0v) is 14.2. The summed E-state index contributed by atoms with van der Waals surface area (Å²) in [6, 6.07) is 10.3. The Kier molecular flexibility index (Phi) is 5.21. The highest BCUT2D eigenvalue weighted by Crippen LogP contribution is 2.22. The van der Waals surface area contributed by atoms with Crippen molar-refractivity contribution in [2.75, 3.05) is 13.6 Å². The summed E-state index contributed by atoms with van der Waals surface area (Å²) < 4.78 is 5.31. The van der Waals surface area contributed by atoms with Crippen molar-refractivity contribution >= 4 is 16.9 Å². The molecule has 1 aromatic carbocycles. The number of fused-ring (bicyclic) bond motifs is 1. The monoisotopic (exact) mass is 324 g/mol. The summed E-state index contributed by atoms with van der Waals surface area (Å²) in [6.45, 7) is 3.63. The van der Waals surface area contributed by atoms with Crippen LogP contribution in [0.3, 0.4) is 0 Å². The van der Waals surface area contributed by atoms with Gasteiger partial charge in [-0.1, -0.05) is 25.1 Å². The molecule has 3 aromatic rings. The molecule has 0 saturated heterocycles. The van der Waals surface area contributed by atoms with Crippen molar-refractivity contribution in [3.63, 3.8) is 0 Å². The van der Waals surface area contributed by atoms with Gasteiger partial charge in [-0.05, 0) is 36.1 Å². The van der Waals surface area contributed by atoms with Crippen molar-refractivity contribution in [2.24, 2.45) is 4.99 Å². The lowest BCUT2D eigenvalue weighted by Gasteiger charge is -2.10. The Labute approximate surface area is 142 Å². The lowest BCUT2D eigenvalue weighted by molar-refractivity contribution is 0.501. The molecule has 2 heterocycles. The number of guanidine groups is 1. The molecule has 0 aliphatic heterocycles. The highest BCUT2D eigenvalue weighted by Gasteiger charge is 2.07. The number of aliphatic imine (C=N–C) groups is 1. The van der Waals surface area contributed by atoms with E-state index >= 15 is 0 Å². The number of aromatic nitrogens is 1. The van der Waals surface area contributed by atoms with Gasteiger partial charge < -0.3 is 20.0 Å². The van der Waals surface area contributed by atoms with Gasteiger partial charge >= 0.3 is 0 Å². The van der Waals surface area contributed by atoms with Crippen LogP contribution in [0.5, 0.6) is 0 Å². The Bertz CT molecular complexity index is 802. The van der Waals surface area contributed by atoms with Crippen molar-refractivity contribution < 1.29 is 4.42 Å². The zero-order chi connectivity index (χ0) is 16.8. The SMILES string of the molecule is CCc1cccc2c(CCNC(=NC)NCc3ccco3)c[nH]c12. The van der Waals surface area contributed by atoms with Gasteiger partial charge in [-0.2, -0.15) is 0 Å². The first-order chi connectivity index (χ1) is 11.8. The number of aromatic amines is 1. The van der Waals surface area contributed by atoms with E-state index in [2.05, 4.69) is 51.9 Å². The number of furan rings is 1. The first kappa shape index (κ1) is 16.2. The summed E-state index contributed by atoms with van der Waals surface area (Å²) in [4.78, 5) is 7.66. The Hall–Kier alpha value is -2.69. The lowest BCUT2D eigenvalue weighted by atomic mass is 10.1. The molecule has 0 spiro atoms. The van der Waals surface area contributed by atoms with Crippen LogP contribution in [-0.4, -0.2) is 24.5 Å². The molecule has 0 amide bonds. The van der Waals surface area contributed by atoms with Crippen LogP contribution in [0.4, 0.5) is 0 Å². The number of nitrogens with one attached hydrogen (secondary N) is 3. The average Bonchev–Trinajstić information content (AvgIpc) is 3.27. The van der Waals surface area contributed by atoms with Crippen LogP contribution in [0.1, 0.15) is 23.8 Å². The maximum Gasteiger partial charge on any atom is 0.191 e. The van der Waals surface area contributed by atoms with Gasteiger partial charge in [0.15, 0.2) is 5.96 Å². The van der Waals surface area contributed by atoms with Gasteiger partial charge in [0.1, 0.15) is 5.76 Å². The van der Waals surface area contributed by atoms with E-state index in [0.29, 0.717) is 6.54 Å². The van der Waals surface area contributed by atoms with Crippen LogP contribution in [0.15, 0.2) is 52.2 Å². The van der Waals surface area contributed by atoms with E-state index in [1.54, 1.807) is 13.3 Å². The van der Waals surface area contributed by atoms with Gasteiger partial charge in [-0.3, -0.25) is 4.99 Å². The fraction of sp³-hybridized carbons (Fsp3) is 0.316. The topological polar surface area (TPSA) is 65.3 Å². The van der Waals surface area contributed by atoms with Gasteiger partial charge in [0, 0.05) is 30.7 Å². The Morgan fingerprint density at radius 2 is 2.08 bits per heavy atom. The van der Waals surface area contributed by atoms with E-state index in [-0.39, 0.29) is 0 Å². The summed E-state index contributed by atoms with van der Waals surface area (Å²) >= 11 is 0. The van der Waals surface area contributed by atoms with Crippen LogP contribution in [0.25, 0.3) is 10.9 Å². The van der Waals surface area contributed by atoms with Gasteiger partial charge in [0.25, 0.3) is 0 Å². The molecular weight excluding hydrogens is 300 g/mol. The number of aryl methyl sites for hydroxylation is 1. The van der Waals surface area contributed by atoms with Crippen LogP contribution in [-0.2, 0) is 19.4 Å². The Morgan fingerprint density at radius 1 is 1.17 bits per heavy atom. The molecule has 3 rings (SSSR count). The third kappa shape index (κ3) is 3.62. The van der Waals surface area contributed by atoms with E-state index in [0.717, 1.165) is 31.1 Å². The number of hydrogen-bond donors (Lipinski definition) is 3. The average molecular weight is 324 g/mol. The number of hydrogen-bond acceptors (Lipinski definition) is 2. The molecule has 0 radical (unpaired) electrons. The molecule has 2 aromatic heterocycles. The highest BCUT2D eigenvalue weighted by atomic mass is 16.3. The third-order valence-corrected chi connectivity index (χ3v) is 4.19. The first-order valence-electron chi connectivity index (χ1n) is 8.36. The lowest BCUT2D eigenvalue weighted by Crippen LogP contribution is -2.37. The van der Waals surface area contributed by atoms with Gasteiger partial charge in [0.05, 0.1) is 12.8 Å². The largest absolute Gasteiger partial charge is 0.467 e. The smallest absolute Gasteiger partial charge is 0.191 e. The van der Waals surface area contributed by atoms with Crippen LogP contribution in [0.2, 0.25) is 0 Å². The van der Waals surface area contributed by atoms with Gasteiger partial charge in [-0.25, -0.2) is 0 Å². The van der Waals surface area contributed by atoms with Crippen molar-refractivity contribution in [3.8, 4) is 0 Å². The quantitative estimate of drug-likeness (QED) is 0.482. The minimum absolute atomic E-state index is 0.625. The second-order valence-electron chi connectivity index (χ2n) is 5.69. The normalized spacial score (nSPS) is 11.8. The minimum atomic E-state index is 0.625. The number of nitrogens with zero attached hydrogens (tertiary/aromatic N) is 1. The predicted molar refractivity (Wildman–Crippen MR) is 98.3 cm³/mol. The van der Waals surface area contributed by atoms with E-state index in [4.69, 9.17) is 4.42 Å². The maximum atomic E-state index is 5.31. The van der Waals surface area contributed by atoms with E-state index in [1.165, 1.54) is 22.0 Å². The van der Waals surface area contributed by atoms with Crippen molar-refractivity contribution in [1.82, 2.24) is 15.6 Å². The fourth-order valence-electron chi connectivity index (χ4n) is 2.90. The first-order valence-corrected chi connectivity index (χ1v) is 8.36. The van der Waals surface area contributed by atoms with E-state index in [9.17, 15) is 0 Å². The molecule has 24 heavy (non-hydrogen) atoms. The fourth-order valence-corrected chi connectivity index (χ4v) is 2.90. The van der Waals surface area contributed by atoms with Gasteiger partial charge in [-0.15, -0.1) is 0 Å².